The highest BCUT2D eigenvalue weighted by Crippen LogP contribution is 2.31. The average Bonchev–Trinajstić information content (AvgIpc) is 2.72. The zero-order valence-electron chi connectivity index (χ0n) is 15.3. The van der Waals surface area contributed by atoms with Crippen LogP contribution >= 0.6 is 0 Å². The number of benzene rings is 2. The quantitative estimate of drug-likeness (QED) is 0.647. The fourth-order valence-corrected chi connectivity index (χ4v) is 2.50. The summed E-state index contributed by atoms with van der Waals surface area (Å²) in [5, 5.41) is 5.14. The topological polar surface area (TPSA) is 76.1 Å². The zero-order valence-corrected chi connectivity index (χ0v) is 15.3. The minimum atomic E-state index is -4.82. The SMILES string of the molecule is COc1ccc(Nc2ncc(C(=O)NCc3ccccc3)c(C(F)(F)F)n2)cc1. The van der Waals surface area contributed by atoms with E-state index in [4.69, 9.17) is 4.74 Å². The average molecular weight is 402 g/mol. The van der Waals surface area contributed by atoms with Crippen molar-refractivity contribution in [1.29, 1.82) is 0 Å². The molecule has 0 spiro atoms. The number of alkyl halides is 3. The van der Waals surface area contributed by atoms with Crippen molar-refractivity contribution in [2.75, 3.05) is 12.4 Å². The summed E-state index contributed by atoms with van der Waals surface area (Å²) in [6, 6.07) is 15.3. The van der Waals surface area contributed by atoms with Gasteiger partial charge in [-0.1, -0.05) is 30.3 Å². The van der Waals surface area contributed by atoms with Crippen LogP contribution in [0.1, 0.15) is 21.6 Å². The number of methoxy groups -OCH3 is 1. The van der Waals surface area contributed by atoms with E-state index in [-0.39, 0.29) is 12.5 Å². The first-order valence-corrected chi connectivity index (χ1v) is 8.54. The summed E-state index contributed by atoms with van der Waals surface area (Å²) in [5.74, 6) is -0.586. The third-order valence-corrected chi connectivity index (χ3v) is 3.94. The number of carbonyl (C=O) groups excluding carboxylic acids is 1. The van der Waals surface area contributed by atoms with Gasteiger partial charge in [0.2, 0.25) is 5.95 Å². The Kier molecular flexibility index (Phi) is 5.96. The van der Waals surface area contributed by atoms with E-state index in [0.717, 1.165) is 11.8 Å². The van der Waals surface area contributed by atoms with E-state index in [1.54, 1.807) is 54.6 Å². The largest absolute Gasteiger partial charge is 0.497 e. The fourth-order valence-electron chi connectivity index (χ4n) is 2.50. The number of ether oxygens (including phenoxy) is 1. The predicted molar refractivity (Wildman–Crippen MR) is 101 cm³/mol. The van der Waals surface area contributed by atoms with Gasteiger partial charge in [-0.15, -0.1) is 0 Å². The van der Waals surface area contributed by atoms with E-state index in [0.29, 0.717) is 11.4 Å². The van der Waals surface area contributed by atoms with Crippen molar-refractivity contribution >= 4 is 17.5 Å². The zero-order chi connectivity index (χ0) is 20.9. The van der Waals surface area contributed by atoms with Gasteiger partial charge >= 0.3 is 6.18 Å². The minimum Gasteiger partial charge on any atom is -0.497 e. The second kappa shape index (κ2) is 8.59. The second-order valence-electron chi connectivity index (χ2n) is 5.98. The third kappa shape index (κ3) is 5.22. The summed E-state index contributed by atoms with van der Waals surface area (Å²) >= 11 is 0. The molecule has 29 heavy (non-hydrogen) atoms. The smallest absolute Gasteiger partial charge is 0.434 e. The maximum absolute atomic E-state index is 13.5. The van der Waals surface area contributed by atoms with Gasteiger partial charge in [-0.25, -0.2) is 9.97 Å². The van der Waals surface area contributed by atoms with Gasteiger partial charge in [0.05, 0.1) is 12.7 Å². The fraction of sp³-hybridized carbons (Fsp3) is 0.150. The summed E-state index contributed by atoms with van der Waals surface area (Å²) in [6.45, 7) is 0.0861. The van der Waals surface area contributed by atoms with Crippen molar-refractivity contribution < 1.29 is 22.7 Å². The predicted octanol–water partition coefficient (Wildman–Crippen LogP) is 4.18. The lowest BCUT2D eigenvalue weighted by Crippen LogP contribution is -2.27. The molecule has 3 rings (SSSR count). The van der Waals surface area contributed by atoms with Crippen LogP contribution < -0.4 is 15.4 Å². The molecular weight excluding hydrogens is 385 g/mol. The van der Waals surface area contributed by atoms with Crippen LogP contribution in [0, 0.1) is 0 Å². The van der Waals surface area contributed by atoms with Gasteiger partial charge in [0.1, 0.15) is 5.75 Å². The Balaban J connectivity index is 1.80. The lowest BCUT2D eigenvalue weighted by molar-refractivity contribution is -0.141. The monoisotopic (exact) mass is 402 g/mol. The number of nitrogens with zero attached hydrogens (tertiary/aromatic N) is 2. The van der Waals surface area contributed by atoms with E-state index in [1.807, 2.05) is 0 Å². The van der Waals surface area contributed by atoms with Gasteiger partial charge < -0.3 is 15.4 Å². The van der Waals surface area contributed by atoms with Crippen molar-refractivity contribution in [2.24, 2.45) is 0 Å². The molecule has 0 saturated heterocycles. The molecule has 2 aromatic carbocycles. The summed E-state index contributed by atoms with van der Waals surface area (Å²) in [7, 11) is 1.50. The number of hydrogen-bond acceptors (Lipinski definition) is 5. The van der Waals surface area contributed by atoms with E-state index >= 15 is 0 Å². The Morgan fingerprint density at radius 1 is 1.07 bits per heavy atom. The van der Waals surface area contributed by atoms with E-state index in [9.17, 15) is 18.0 Å². The lowest BCUT2D eigenvalue weighted by atomic mass is 10.2. The number of rotatable bonds is 6. The number of hydrogen-bond donors (Lipinski definition) is 2. The van der Waals surface area contributed by atoms with Crippen molar-refractivity contribution in [3.8, 4) is 5.75 Å². The van der Waals surface area contributed by atoms with Crippen molar-refractivity contribution in [2.45, 2.75) is 12.7 Å². The highest BCUT2D eigenvalue weighted by Gasteiger charge is 2.38. The maximum atomic E-state index is 13.5. The summed E-state index contributed by atoms with van der Waals surface area (Å²) in [4.78, 5) is 19.7. The second-order valence-corrected chi connectivity index (χ2v) is 5.98. The molecule has 150 valence electrons. The molecular formula is C20H17F3N4O2. The van der Waals surface area contributed by atoms with Gasteiger partial charge in [0, 0.05) is 18.4 Å². The number of anilines is 2. The Morgan fingerprint density at radius 2 is 1.76 bits per heavy atom. The number of halogens is 3. The highest BCUT2D eigenvalue weighted by molar-refractivity contribution is 5.95. The maximum Gasteiger partial charge on any atom is 0.434 e. The Morgan fingerprint density at radius 3 is 2.38 bits per heavy atom. The van der Waals surface area contributed by atoms with Crippen LogP contribution in [0.25, 0.3) is 0 Å². The van der Waals surface area contributed by atoms with Crippen LogP contribution in [0.3, 0.4) is 0 Å². The first kappa shape index (κ1) is 20.1. The summed E-state index contributed by atoms with van der Waals surface area (Å²) in [5.41, 5.74) is -0.726. The number of aromatic nitrogens is 2. The first-order valence-electron chi connectivity index (χ1n) is 8.54. The Hall–Kier alpha value is -3.62. The van der Waals surface area contributed by atoms with Gasteiger partial charge in [0.25, 0.3) is 5.91 Å². The van der Waals surface area contributed by atoms with Gasteiger partial charge in [-0.3, -0.25) is 4.79 Å². The molecule has 0 aliphatic heterocycles. The number of amides is 1. The van der Waals surface area contributed by atoms with Crippen LogP contribution in [-0.2, 0) is 12.7 Å². The van der Waals surface area contributed by atoms with Gasteiger partial charge in [-0.2, -0.15) is 13.2 Å². The van der Waals surface area contributed by atoms with Crippen LogP contribution in [0.2, 0.25) is 0 Å². The molecule has 6 nitrogen and oxygen atoms in total. The molecule has 0 bridgehead atoms. The summed E-state index contributed by atoms with van der Waals surface area (Å²) in [6.07, 6.45) is -3.96. The molecule has 1 heterocycles. The molecule has 0 saturated carbocycles. The molecule has 0 radical (unpaired) electrons. The first-order chi connectivity index (χ1) is 13.9. The highest BCUT2D eigenvalue weighted by atomic mass is 19.4. The van der Waals surface area contributed by atoms with Crippen LogP contribution in [0.4, 0.5) is 24.8 Å². The molecule has 9 heteroatoms. The molecule has 1 amide bonds. The molecule has 0 aliphatic carbocycles. The van der Waals surface area contributed by atoms with Gasteiger partial charge in [0.15, 0.2) is 5.69 Å². The molecule has 0 fully saturated rings. The van der Waals surface area contributed by atoms with Crippen LogP contribution in [-0.4, -0.2) is 23.0 Å². The van der Waals surface area contributed by atoms with E-state index in [1.165, 1.54) is 7.11 Å². The van der Waals surface area contributed by atoms with Gasteiger partial charge in [-0.05, 0) is 29.8 Å². The van der Waals surface area contributed by atoms with Crippen molar-refractivity contribution in [3.05, 3.63) is 77.6 Å². The Bertz CT molecular complexity index is 977. The number of carbonyl (C=O) groups is 1. The standard InChI is InChI=1S/C20H17F3N4O2/c1-29-15-9-7-14(8-10-15)26-19-25-12-16(17(27-19)20(21,22)23)18(28)24-11-13-5-3-2-4-6-13/h2-10,12H,11H2,1H3,(H,24,28)(H,25,26,27). The van der Waals surface area contributed by atoms with Crippen molar-refractivity contribution in [1.82, 2.24) is 15.3 Å². The third-order valence-electron chi connectivity index (χ3n) is 3.94. The van der Waals surface area contributed by atoms with Crippen LogP contribution in [0.5, 0.6) is 5.75 Å². The number of nitrogens with one attached hydrogen (secondary N) is 2. The van der Waals surface area contributed by atoms with E-state index in [2.05, 4.69) is 20.6 Å². The normalized spacial score (nSPS) is 11.0. The molecule has 2 N–H and O–H groups in total. The Labute approximate surface area is 164 Å². The van der Waals surface area contributed by atoms with Crippen LogP contribution in [0.15, 0.2) is 60.8 Å². The lowest BCUT2D eigenvalue weighted by Gasteiger charge is -2.14. The summed E-state index contributed by atoms with van der Waals surface area (Å²) < 4.78 is 45.5. The molecule has 1 aromatic heterocycles. The molecule has 0 aliphatic rings. The van der Waals surface area contributed by atoms with Crippen molar-refractivity contribution in [3.63, 3.8) is 0 Å². The minimum absolute atomic E-state index is 0.0861. The molecule has 3 aromatic rings. The molecule has 0 atom stereocenters. The van der Waals surface area contributed by atoms with E-state index < -0.39 is 23.3 Å². The molecule has 0 unspecified atom stereocenters.